The van der Waals surface area contributed by atoms with Crippen LogP contribution >= 0.6 is 0 Å². The molecule has 0 saturated carbocycles. The van der Waals surface area contributed by atoms with Crippen LogP contribution in [0.2, 0.25) is 0 Å². The van der Waals surface area contributed by atoms with Crippen molar-refractivity contribution in [3.05, 3.63) is 179 Å². The zero-order valence-electron chi connectivity index (χ0n) is 33.5. The summed E-state index contributed by atoms with van der Waals surface area (Å²) in [5.74, 6) is -0.597. The van der Waals surface area contributed by atoms with Crippen LogP contribution in [-0.4, -0.2) is 85.7 Å². The number of methoxy groups -OCH3 is 1. The van der Waals surface area contributed by atoms with Gasteiger partial charge in [0.15, 0.2) is 6.29 Å². The van der Waals surface area contributed by atoms with Gasteiger partial charge < -0.3 is 48.1 Å². The van der Waals surface area contributed by atoms with E-state index in [4.69, 9.17) is 37.9 Å². The van der Waals surface area contributed by atoms with E-state index < -0.39 is 61.0 Å². The lowest BCUT2D eigenvalue weighted by Crippen LogP contribution is -2.63. The second-order valence-corrected chi connectivity index (χ2v) is 15.2. The van der Waals surface area contributed by atoms with Gasteiger partial charge in [0.1, 0.15) is 30.5 Å². The second kappa shape index (κ2) is 22.3. The standard InChI is InChI=1S/C49H56O10/c1-52-49-48(57-32-39-25-15-6-16-26-39)44(50)40(42(59-49)33-53-28-35-17-7-2-8-18-35)27-41-45(51)47(56-31-38-23-13-5-14-24-38)46(55-30-37-21-11-4-12-22-37)43(58-41)34-54-29-36-19-9-3-10-20-36/h2-26,40-51H,27-34H2,1H3/t40-,41+,42-,43-,44+,45+,46+,47-,48-,49-/m1/s1. The molecule has 10 heteroatoms. The Balaban J connectivity index is 1.15. The average Bonchev–Trinajstić information content (AvgIpc) is 3.28. The van der Waals surface area contributed by atoms with Crippen LogP contribution in [0.1, 0.15) is 34.2 Å². The van der Waals surface area contributed by atoms with Gasteiger partial charge in [-0.2, -0.15) is 0 Å². The zero-order chi connectivity index (χ0) is 40.7. The molecule has 5 aromatic rings. The Morgan fingerprint density at radius 2 is 0.814 bits per heavy atom. The Morgan fingerprint density at radius 1 is 0.424 bits per heavy atom. The zero-order valence-corrected chi connectivity index (χ0v) is 33.5. The lowest BCUT2D eigenvalue weighted by atomic mass is 9.81. The Kier molecular flexibility index (Phi) is 16.2. The van der Waals surface area contributed by atoms with Gasteiger partial charge in [-0.25, -0.2) is 0 Å². The third-order valence-electron chi connectivity index (χ3n) is 11.0. The molecule has 2 heterocycles. The van der Waals surface area contributed by atoms with E-state index in [0.29, 0.717) is 13.2 Å². The minimum absolute atomic E-state index is 0.158. The van der Waals surface area contributed by atoms with Crippen LogP contribution in [0.4, 0.5) is 0 Å². The van der Waals surface area contributed by atoms with E-state index in [0.717, 1.165) is 27.8 Å². The first-order valence-electron chi connectivity index (χ1n) is 20.5. The summed E-state index contributed by atoms with van der Waals surface area (Å²) in [7, 11) is 1.54. The van der Waals surface area contributed by atoms with Gasteiger partial charge in [-0.1, -0.05) is 152 Å². The van der Waals surface area contributed by atoms with Crippen LogP contribution in [0, 0.1) is 5.92 Å². The van der Waals surface area contributed by atoms with Crippen LogP contribution in [0.25, 0.3) is 0 Å². The Bertz CT molecular complexity index is 1890. The normalized spacial score (nSPS) is 27.0. The predicted octanol–water partition coefficient (Wildman–Crippen LogP) is 7.04. The number of ether oxygens (including phenoxy) is 8. The van der Waals surface area contributed by atoms with E-state index >= 15 is 0 Å². The monoisotopic (exact) mass is 804 g/mol. The Labute approximate surface area is 347 Å². The van der Waals surface area contributed by atoms with Crippen LogP contribution in [0.5, 0.6) is 0 Å². The second-order valence-electron chi connectivity index (χ2n) is 15.2. The van der Waals surface area contributed by atoms with Gasteiger partial charge >= 0.3 is 0 Å². The first-order valence-corrected chi connectivity index (χ1v) is 20.5. The number of aliphatic hydroxyl groups excluding tert-OH is 2. The van der Waals surface area contributed by atoms with Crippen LogP contribution in [0.3, 0.4) is 0 Å². The molecule has 2 N–H and O–H groups in total. The van der Waals surface area contributed by atoms with Crippen molar-refractivity contribution in [1.29, 1.82) is 0 Å². The van der Waals surface area contributed by atoms with Crippen molar-refractivity contribution in [3.8, 4) is 0 Å². The van der Waals surface area contributed by atoms with Crippen molar-refractivity contribution in [3.63, 3.8) is 0 Å². The lowest BCUT2D eigenvalue weighted by Gasteiger charge is -2.48. The molecule has 10 atom stereocenters. The molecule has 2 aliphatic rings. The highest BCUT2D eigenvalue weighted by molar-refractivity contribution is 5.17. The molecular formula is C49H56O10. The van der Waals surface area contributed by atoms with Crippen molar-refractivity contribution in [1.82, 2.24) is 0 Å². The van der Waals surface area contributed by atoms with Gasteiger partial charge in [-0.05, 0) is 34.2 Å². The Morgan fingerprint density at radius 3 is 1.25 bits per heavy atom. The van der Waals surface area contributed by atoms with E-state index in [-0.39, 0.29) is 39.5 Å². The highest BCUT2D eigenvalue weighted by atomic mass is 16.7. The molecule has 2 fully saturated rings. The third-order valence-corrected chi connectivity index (χ3v) is 11.0. The molecule has 0 amide bonds. The average molecular weight is 805 g/mol. The summed E-state index contributed by atoms with van der Waals surface area (Å²) in [5.41, 5.74) is 4.91. The topological polar surface area (TPSA) is 114 Å². The Hall–Kier alpha value is -4.30. The van der Waals surface area contributed by atoms with Gasteiger partial charge in [0, 0.05) is 13.0 Å². The molecule has 10 nitrogen and oxygen atoms in total. The largest absolute Gasteiger partial charge is 0.390 e. The summed E-state index contributed by atoms with van der Waals surface area (Å²) in [4.78, 5) is 0. The summed E-state index contributed by atoms with van der Waals surface area (Å²) in [6.45, 7) is 1.82. The molecule has 5 aromatic carbocycles. The van der Waals surface area contributed by atoms with Crippen molar-refractivity contribution in [2.45, 2.75) is 94.6 Å². The maximum Gasteiger partial charge on any atom is 0.186 e. The molecule has 0 aromatic heterocycles. The molecular weight excluding hydrogens is 749 g/mol. The van der Waals surface area contributed by atoms with Crippen LogP contribution in [-0.2, 0) is 70.9 Å². The predicted molar refractivity (Wildman–Crippen MR) is 222 cm³/mol. The number of hydrogen-bond donors (Lipinski definition) is 2. The smallest absolute Gasteiger partial charge is 0.186 e. The minimum atomic E-state index is -1.15. The summed E-state index contributed by atoms with van der Waals surface area (Å²) in [5, 5.41) is 24.6. The van der Waals surface area contributed by atoms with Crippen LogP contribution in [0.15, 0.2) is 152 Å². The molecule has 0 spiro atoms. The quantitative estimate of drug-likeness (QED) is 0.0850. The third kappa shape index (κ3) is 12.1. The minimum Gasteiger partial charge on any atom is -0.390 e. The summed E-state index contributed by atoms with van der Waals surface area (Å²) in [6.07, 6.45) is -7.32. The fourth-order valence-electron chi connectivity index (χ4n) is 7.82. The van der Waals surface area contributed by atoms with Crippen molar-refractivity contribution < 1.29 is 48.1 Å². The first-order chi connectivity index (χ1) is 29.1. The summed E-state index contributed by atoms with van der Waals surface area (Å²) >= 11 is 0. The van der Waals surface area contributed by atoms with Crippen molar-refractivity contribution in [2.24, 2.45) is 5.92 Å². The molecule has 2 aliphatic heterocycles. The van der Waals surface area contributed by atoms with E-state index in [1.54, 1.807) is 0 Å². The van der Waals surface area contributed by atoms with Gasteiger partial charge in [0.05, 0.1) is 64.6 Å². The lowest BCUT2D eigenvalue weighted by molar-refractivity contribution is -0.308. The number of hydrogen-bond acceptors (Lipinski definition) is 10. The van der Waals surface area contributed by atoms with E-state index in [2.05, 4.69) is 0 Å². The van der Waals surface area contributed by atoms with Crippen molar-refractivity contribution >= 4 is 0 Å². The fourth-order valence-corrected chi connectivity index (χ4v) is 7.82. The molecule has 312 valence electrons. The van der Waals surface area contributed by atoms with E-state index in [1.165, 1.54) is 7.11 Å². The first kappa shape index (κ1) is 42.8. The molecule has 0 unspecified atom stereocenters. The molecule has 0 bridgehead atoms. The van der Waals surface area contributed by atoms with Gasteiger partial charge in [-0.3, -0.25) is 0 Å². The molecule has 0 radical (unpaired) electrons. The SMILES string of the molecule is CO[C@@H]1O[C@H](COCc2ccccc2)[C@@H](C[C@@H]2O[C@H](COCc3ccccc3)[C@H](OCc3ccccc3)[C@H](OCc3ccccc3)[C@H]2O)[C@H](O)[C@H]1OCc1ccccc1. The molecule has 0 aliphatic carbocycles. The number of rotatable bonds is 20. The number of benzene rings is 5. The van der Waals surface area contributed by atoms with E-state index in [9.17, 15) is 10.2 Å². The van der Waals surface area contributed by atoms with Gasteiger partial charge in [0.25, 0.3) is 0 Å². The number of aliphatic hydroxyl groups is 2. The summed E-state index contributed by atoms with van der Waals surface area (Å²) < 4.78 is 51.4. The fraction of sp³-hybridized carbons (Fsp3) is 0.388. The van der Waals surface area contributed by atoms with E-state index in [1.807, 2.05) is 152 Å². The van der Waals surface area contributed by atoms with Gasteiger partial charge in [0.2, 0.25) is 0 Å². The highest BCUT2D eigenvalue weighted by Crippen LogP contribution is 2.37. The molecule has 7 rings (SSSR count). The van der Waals surface area contributed by atoms with Crippen LogP contribution < -0.4 is 0 Å². The maximum atomic E-state index is 12.4. The maximum absolute atomic E-state index is 12.4. The summed E-state index contributed by atoms with van der Waals surface area (Å²) in [6, 6.07) is 49.3. The highest BCUT2D eigenvalue weighted by Gasteiger charge is 2.52. The van der Waals surface area contributed by atoms with Gasteiger partial charge in [-0.15, -0.1) is 0 Å². The van der Waals surface area contributed by atoms with Crippen molar-refractivity contribution in [2.75, 3.05) is 20.3 Å². The molecule has 2 saturated heterocycles. The molecule has 59 heavy (non-hydrogen) atoms.